The normalized spacial score (nSPS) is 20.1. The van der Waals surface area contributed by atoms with Gasteiger partial charge in [-0.3, -0.25) is 5.32 Å². The zero-order valence-electron chi connectivity index (χ0n) is 11.3. The van der Waals surface area contributed by atoms with Gasteiger partial charge in [0.25, 0.3) is 0 Å². The van der Waals surface area contributed by atoms with Gasteiger partial charge in [0.05, 0.1) is 6.07 Å². The zero-order chi connectivity index (χ0) is 12.6. The van der Waals surface area contributed by atoms with Gasteiger partial charge in [-0.1, -0.05) is 19.8 Å². The summed E-state index contributed by atoms with van der Waals surface area (Å²) in [6.45, 7) is 5.11. The Balaban J connectivity index is 2.12. The first-order valence-corrected chi connectivity index (χ1v) is 8.09. The van der Waals surface area contributed by atoms with Crippen LogP contribution in [0.3, 0.4) is 0 Å². The molecule has 3 heteroatoms. The van der Waals surface area contributed by atoms with E-state index in [9.17, 15) is 5.26 Å². The topological polar surface area (TPSA) is 35.8 Å². The molecule has 1 saturated carbocycles. The molecule has 0 heterocycles. The van der Waals surface area contributed by atoms with E-state index in [1.807, 2.05) is 18.7 Å². The van der Waals surface area contributed by atoms with Crippen molar-refractivity contribution in [3.63, 3.8) is 0 Å². The van der Waals surface area contributed by atoms with Crippen molar-refractivity contribution < 1.29 is 0 Å². The van der Waals surface area contributed by atoms with Crippen molar-refractivity contribution in [1.29, 1.82) is 5.26 Å². The van der Waals surface area contributed by atoms with Crippen molar-refractivity contribution in [2.75, 3.05) is 18.1 Å². The van der Waals surface area contributed by atoms with Gasteiger partial charge in [0.15, 0.2) is 0 Å². The van der Waals surface area contributed by atoms with Gasteiger partial charge in [-0.05, 0) is 56.6 Å². The highest BCUT2D eigenvalue weighted by molar-refractivity contribution is 7.99. The fourth-order valence-corrected chi connectivity index (χ4v) is 3.67. The molecule has 0 radical (unpaired) electrons. The molecule has 1 atom stereocenters. The Morgan fingerprint density at radius 2 is 2.12 bits per heavy atom. The van der Waals surface area contributed by atoms with Crippen LogP contribution in [0.5, 0.6) is 0 Å². The minimum atomic E-state index is -0.321. The predicted octanol–water partition coefficient (Wildman–Crippen LogP) is 3.58. The highest BCUT2D eigenvalue weighted by Crippen LogP contribution is 2.28. The first-order chi connectivity index (χ1) is 8.20. The Morgan fingerprint density at radius 3 is 2.71 bits per heavy atom. The molecule has 0 saturated heterocycles. The fraction of sp³-hybridized carbons (Fsp3) is 0.929. The van der Waals surface area contributed by atoms with Crippen LogP contribution in [0.1, 0.15) is 52.4 Å². The van der Waals surface area contributed by atoms with Crippen LogP contribution in [0, 0.1) is 17.2 Å². The van der Waals surface area contributed by atoms with Gasteiger partial charge < -0.3 is 0 Å². The van der Waals surface area contributed by atoms with Gasteiger partial charge in [-0.2, -0.15) is 17.0 Å². The van der Waals surface area contributed by atoms with E-state index in [1.165, 1.54) is 31.4 Å². The van der Waals surface area contributed by atoms with E-state index >= 15 is 0 Å². The summed E-state index contributed by atoms with van der Waals surface area (Å²) in [5.41, 5.74) is -0.321. The molecule has 1 N–H and O–H groups in total. The van der Waals surface area contributed by atoms with Crippen LogP contribution in [-0.4, -0.2) is 23.6 Å². The monoisotopic (exact) mass is 254 g/mol. The minimum absolute atomic E-state index is 0.321. The average molecular weight is 254 g/mol. The molecule has 17 heavy (non-hydrogen) atoms. The van der Waals surface area contributed by atoms with Gasteiger partial charge in [-0.15, -0.1) is 0 Å². The van der Waals surface area contributed by atoms with E-state index in [1.54, 1.807) is 0 Å². The molecule has 1 rings (SSSR count). The molecule has 0 aromatic rings. The highest BCUT2D eigenvalue weighted by Gasteiger charge is 2.22. The number of thioether (sulfide) groups is 1. The molecule has 1 aliphatic rings. The molecule has 0 aromatic carbocycles. The molecular formula is C14H26N2S. The minimum Gasteiger partial charge on any atom is -0.300 e. The van der Waals surface area contributed by atoms with E-state index in [0.717, 1.165) is 31.1 Å². The lowest BCUT2D eigenvalue weighted by atomic mass is 10.0. The lowest BCUT2D eigenvalue weighted by molar-refractivity contribution is 0.437. The van der Waals surface area contributed by atoms with Crippen molar-refractivity contribution in [3.8, 4) is 6.07 Å². The number of nitrogens with zero attached hydrogens (tertiary/aromatic N) is 1. The van der Waals surface area contributed by atoms with E-state index in [0.29, 0.717) is 0 Å². The third-order valence-electron chi connectivity index (χ3n) is 3.59. The summed E-state index contributed by atoms with van der Waals surface area (Å²) in [5.74, 6) is 3.36. The molecule has 1 unspecified atom stereocenters. The van der Waals surface area contributed by atoms with Crippen molar-refractivity contribution in [2.24, 2.45) is 5.92 Å². The van der Waals surface area contributed by atoms with Crippen molar-refractivity contribution in [1.82, 2.24) is 5.32 Å². The third-order valence-corrected chi connectivity index (χ3v) is 4.79. The van der Waals surface area contributed by atoms with Gasteiger partial charge >= 0.3 is 0 Å². The summed E-state index contributed by atoms with van der Waals surface area (Å²) in [7, 11) is 0. The molecule has 0 amide bonds. The Kier molecular flexibility index (Phi) is 6.99. The molecule has 0 bridgehead atoms. The number of hydrogen-bond donors (Lipinski definition) is 1. The maximum atomic E-state index is 9.20. The molecule has 1 aliphatic carbocycles. The Hall–Kier alpha value is -0.200. The van der Waals surface area contributed by atoms with Gasteiger partial charge in [0.2, 0.25) is 0 Å². The smallest absolute Gasteiger partial charge is 0.104 e. The second-order valence-corrected chi connectivity index (χ2v) is 6.50. The summed E-state index contributed by atoms with van der Waals surface area (Å²) < 4.78 is 0. The Labute approximate surface area is 111 Å². The van der Waals surface area contributed by atoms with Crippen LogP contribution < -0.4 is 5.32 Å². The van der Waals surface area contributed by atoms with Crippen LogP contribution in [0.4, 0.5) is 0 Å². The first-order valence-electron chi connectivity index (χ1n) is 6.94. The molecule has 0 spiro atoms. The molecule has 0 aromatic heterocycles. The Morgan fingerprint density at radius 1 is 1.41 bits per heavy atom. The number of nitriles is 1. The predicted molar refractivity (Wildman–Crippen MR) is 76.2 cm³/mol. The van der Waals surface area contributed by atoms with Crippen LogP contribution in [0.2, 0.25) is 0 Å². The van der Waals surface area contributed by atoms with Crippen LogP contribution in [0.25, 0.3) is 0 Å². The maximum absolute atomic E-state index is 9.20. The second-order valence-electron chi connectivity index (χ2n) is 5.35. The second kappa shape index (κ2) is 8.00. The summed E-state index contributed by atoms with van der Waals surface area (Å²) >= 11 is 2.04. The van der Waals surface area contributed by atoms with Gasteiger partial charge in [-0.25, -0.2) is 0 Å². The quantitative estimate of drug-likeness (QED) is 0.673. The molecule has 0 aliphatic heterocycles. The van der Waals surface area contributed by atoms with Crippen LogP contribution in [0.15, 0.2) is 0 Å². The largest absolute Gasteiger partial charge is 0.300 e. The third kappa shape index (κ3) is 5.79. The number of nitrogens with one attached hydrogen (secondary N) is 1. The van der Waals surface area contributed by atoms with Crippen molar-refractivity contribution in [3.05, 3.63) is 0 Å². The molecule has 2 nitrogen and oxygen atoms in total. The van der Waals surface area contributed by atoms with Crippen molar-refractivity contribution in [2.45, 2.75) is 57.9 Å². The van der Waals surface area contributed by atoms with Crippen LogP contribution >= 0.6 is 11.8 Å². The first kappa shape index (κ1) is 14.9. The zero-order valence-corrected chi connectivity index (χ0v) is 12.1. The SMILES string of the molecule is CCCNC(C)(C#N)CCSCC1CCCC1. The summed E-state index contributed by atoms with van der Waals surface area (Å²) in [6, 6.07) is 2.42. The highest BCUT2D eigenvalue weighted by atomic mass is 32.2. The lowest BCUT2D eigenvalue weighted by Gasteiger charge is -2.23. The van der Waals surface area contributed by atoms with Gasteiger partial charge in [0.1, 0.15) is 5.54 Å². The van der Waals surface area contributed by atoms with E-state index in [2.05, 4.69) is 18.3 Å². The van der Waals surface area contributed by atoms with E-state index < -0.39 is 0 Å². The number of hydrogen-bond acceptors (Lipinski definition) is 3. The Bertz CT molecular complexity index is 243. The van der Waals surface area contributed by atoms with Gasteiger partial charge in [0, 0.05) is 0 Å². The molecular weight excluding hydrogens is 228 g/mol. The standard InChI is InChI=1S/C14H26N2S/c1-3-9-16-14(2,12-15)8-10-17-11-13-6-4-5-7-13/h13,16H,3-11H2,1-2H3. The molecule has 1 fully saturated rings. The fourth-order valence-electron chi connectivity index (χ4n) is 2.29. The average Bonchev–Trinajstić information content (AvgIpc) is 2.85. The molecule has 98 valence electrons. The lowest BCUT2D eigenvalue weighted by Crippen LogP contribution is -2.41. The number of rotatable bonds is 8. The summed E-state index contributed by atoms with van der Waals surface area (Å²) in [5, 5.41) is 12.6. The van der Waals surface area contributed by atoms with Crippen molar-refractivity contribution >= 4 is 11.8 Å². The van der Waals surface area contributed by atoms with Crippen LogP contribution in [-0.2, 0) is 0 Å². The maximum Gasteiger partial charge on any atom is 0.104 e. The summed E-state index contributed by atoms with van der Waals surface area (Å²) in [4.78, 5) is 0. The summed E-state index contributed by atoms with van der Waals surface area (Å²) in [6.07, 6.45) is 7.76. The van der Waals surface area contributed by atoms with E-state index in [4.69, 9.17) is 0 Å². The van der Waals surface area contributed by atoms with E-state index in [-0.39, 0.29) is 5.54 Å².